The Morgan fingerprint density at radius 1 is 1.11 bits per heavy atom. The first-order chi connectivity index (χ1) is 13.1. The number of nitrogens with zero attached hydrogens (tertiary/aromatic N) is 1. The Kier molecular flexibility index (Phi) is 8.03. The molecule has 0 aliphatic rings. The smallest absolute Gasteiger partial charge is 0.337 e. The highest BCUT2D eigenvalue weighted by atomic mass is 16.6. The highest BCUT2D eigenvalue weighted by Crippen LogP contribution is 2.05. The summed E-state index contributed by atoms with van der Waals surface area (Å²) in [5, 5.41) is 6.66. The lowest BCUT2D eigenvalue weighted by Crippen LogP contribution is -2.35. The molecule has 2 rings (SSSR count). The number of carbonyl (C=O) groups excluding carboxylic acids is 2. The normalized spacial score (nSPS) is 11.8. The predicted molar refractivity (Wildman–Crippen MR) is 104 cm³/mol. The average molecular weight is 368 g/mol. The molecule has 27 heavy (non-hydrogen) atoms. The molecule has 1 unspecified atom stereocenters. The molecule has 0 spiro atoms. The summed E-state index contributed by atoms with van der Waals surface area (Å²) in [5.74, 6) is -0.610. The summed E-state index contributed by atoms with van der Waals surface area (Å²) in [6.45, 7) is 1.82. The topological polar surface area (TPSA) is 77.0 Å². The number of ether oxygens (including phenoxy) is 1. The number of esters is 1. The summed E-state index contributed by atoms with van der Waals surface area (Å²) in [5.41, 5.74) is 2.45. The van der Waals surface area contributed by atoms with Crippen LogP contribution in [0.3, 0.4) is 0 Å². The van der Waals surface area contributed by atoms with Crippen molar-refractivity contribution in [2.45, 2.75) is 25.8 Å². The Morgan fingerprint density at radius 2 is 1.81 bits per heavy atom. The fraction of sp³-hybridized carbons (Fsp3) is 0.286. The number of nitrogens with one attached hydrogen (secondary N) is 1. The molecule has 2 aromatic carbocycles. The van der Waals surface area contributed by atoms with E-state index in [0.717, 1.165) is 18.4 Å². The van der Waals surface area contributed by atoms with Crippen LogP contribution in [0.25, 0.3) is 0 Å². The Hall–Kier alpha value is -3.15. The molecule has 0 fully saturated rings. The molecule has 1 amide bonds. The average Bonchev–Trinajstić information content (AvgIpc) is 2.70. The van der Waals surface area contributed by atoms with E-state index in [2.05, 4.69) is 27.3 Å². The van der Waals surface area contributed by atoms with Gasteiger partial charge in [0.05, 0.1) is 18.9 Å². The molecule has 1 N–H and O–H groups in total. The summed E-state index contributed by atoms with van der Waals surface area (Å²) in [6.07, 6.45) is 3.24. The number of carbonyl (C=O) groups is 2. The molecule has 0 aliphatic carbocycles. The van der Waals surface area contributed by atoms with Crippen molar-refractivity contribution in [1.82, 2.24) is 5.32 Å². The van der Waals surface area contributed by atoms with Gasteiger partial charge in [-0.1, -0.05) is 47.6 Å². The van der Waals surface area contributed by atoms with Crippen LogP contribution in [0.2, 0.25) is 0 Å². The lowest BCUT2D eigenvalue weighted by atomic mass is 10.1. The maximum absolute atomic E-state index is 11.9. The van der Waals surface area contributed by atoms with Crippen LogP contribution in [0.15, 0.2) is 59.8 Å². The molecule has 142 valence electrons. The second-order valence-electron chi connectivity index (χ2n) is 6.11. The van der Waals surface area contributed by atoms with E-state index in [1.807, 2.05) is 25.1 Å². The molecular weight excluding hydrogens is 344 g/mol. The maximum Gasteiger partial charge on any atom is 0.337 e. The zero-order valence-electron chi connectivity index (χ0n) is 15.6. The third kappa shape index (κ3) is 7.32. The Bertz CT molecular complexity index is 758. The number of methoxy groups -OCH3 is 1. The predicted octanol–water partition coefficient (Wildman–Crippen LogP) is 2.96. The molecule has 0 aliphatic heterocycles. The fourth-order valence-corrected chi connectivity index (χ4v) is 2.43. The van der Waals surface area contributed by atoms with Crippen LogP contribution in [-0.4, -0.2) is 37.8 Å². The molecule has 1 atom stereocenters. The van der Waals surface area contributed by atoms with E-state index < -0.39 is 5.97 Å². The summed E-state index contributed by atoms with van der Waals surface area (Å²) >= 11 is 0. The van der Waals surface area contributed by atoms with Gasteiger partial charge in [-0.15, -0.1) is 0 Å². The third-order valence-corrected chi connectivity index (χ3v) is 3.92. The van der Waals surface area contributed by atoms with Crippen molar-refractivity contribution in [2.24, 2.45) is 5.16 Å². The quantitative estimate of drug-likeness (QED) is 0.419. The largest absolute Gasteiger partial charge is 0.465 e. The first-order valence-electron chi connectivity index (χ1n) is 8.75. The van der Waals surface area contributed by atoms with E-state index in [4.69, 9.17) is 4.84 Å². The Balaban J connectivity index is 1.67. The zero-order valence-corrected chi connectivity index (χ0v) is 15.6. The molecule has 0 saturated heterocycles. The van der Waals surface area contributed by atoms with Crippen LogP contribution in [0.1, 0.15) is 34.8 Å². The van der Waals surface area contributed by atoms with Crippen molar-refractivity contribution in [3.05, 3.63) is 71.3 Å². The van der Waals surface area contributed by atoms with Gasteiger partial charge >= 0.3 is 5.97 Å². The van der Waals surface area contributed by atoms with Crippen molar-refractivity contribution >= 4 is 18.1 Å². The molecule has 0 heterocycles. The maximum atomic E-state index is 11.9. The van der Waals surface area contributed by atoms with E-state index in [1.54, 1.807) is 24.3 Å². The third-order valence-electron chi connectivity index (χ3n) is 3.92. The minimum absolute atomic E-state index is 0.0520. The van der Waals surface area contributed by atoms with Gasteiger partial charge in [0.2, 0.25) is 0 Å². The first kappa shape index (κ1) is 20.2. The molecule has 0 radical (unpaired) electrons. The second kappa shape index (κ2) is 10.8. The summed E-state index contributed by atoms with van der Waals surface area (Å²) < 4.78 is 4.63. The van der Waals surface area contributed by atoms with E-state index >= 15 is 0 Å². The van der Waals surface area contributed by atoms with Gasteiger partial charge in [0.25, 0.3) is 5.91 Å². The number of benzene rings is 2. The van der Waals surface area contributed by atoms with Gasteiger partial charge in [-0.2, -0.15) is 0 Å². The number of hydrogen-bond donors (Lipinski definition) is 1. The van der Waals surface area contributed by atoms with Crippen LogP contribution in [-0.2, 0) is 20.8 Å². The van der Waals surface area contributed by atoms with Crippen molar-refractivity contribution in [3.63, 3.8) is 0 Å². The van der Waals surface area contributed by atoms with Gasteiger partial charge in [-0.25, -0.2) is 4.79 Å². The van der Waals surface area contributed by atoms with Crippen LogP contribution in [0.4, 0.5) is 0 Å². The van der Waals surface area contributed by atoms with Crippen LogP contribution >= 0.6 is 0 Å². The highest BCUT2D eigenvalue weighted by molar-refractivity contribution is 5.90. The number of amides is 1. The summed E-state index contributed by atoms with van der Waals surface area (Å²) in [6, 6.07) is 16.9. The van der Waals surface area contributed by atoms with Crippen LogP contribution in [0.5, 0.6) is 0 Å². The first-order valence-corrected chi connectivity index (χ1v) is 8.75. The second-order valence-corrected chi connectivity index (χ2v) is 6.11. The number of hydrogen-bond acceptors (Lipinski definition) is 5. The Labute approximate surface area is 159 Å². The van der Waals surface area contributed by atoms with Gasteiger partial charge in [0, 0.05) is 6.04 Å². The van der Waals surface area contributed by atoms with E-state index in [1.165, 1.54) is 18.9 Å². The molecule has 2 aromatic rings. The summed E-state index contributed by atoms with van der Waals surface area (Å²) in [4.78, 5) is 28.2. The van der Waals surface area contributed by atoms with Gasteiger partial charge in [0.1, 0.15) is 0 Å². The zero-order chi connectivity index (χ0) is 19.5. The Morgan fingerprint density at radius 3 is 2.48 bits per heavy atom. The molecular formula is C21H24N2O4. The van der Waals surface area contributed by atoms with E-state index in [-0.39, 0.29) is 18.6 Å². The summed E-state index contributed by atoms with van der Waals surface area (Å²) in [7, 11) is 1.33. The lowest BCUT2D eigenvalue weighted by Gasteiger charge is -2.13. The van der Waals surface area contributed by atoms with E-state index in [0.29, 0.717) is 5.56 Å². The molecule has 6 nitrogen and oxygen atoms in total. The SMILES string of the molecule is COC(=O)c1ccc(C=NOCC(=O)NC(C)CCc2ccccc2)cc1. The fourth-order valence-electron chi connectivity index (χ4n) is 2.43. The van der Waals surface area contributed by atoms with Crippen molar-refractivity contribution in [3.8, 4) is 0 Å². The van der Waals surface area contributed by atoms with Crippen LogP contribution < -0.4 is 5.32 Å². The standard InChI is InChI=1S/C21H24N2O4/c1-16(8-9-17-6-4-3-5-7-17)23-20(24)15-27-22-14-18-10-12-19(13-11-18)21(25)26-2/h3-7,10-14,16H,8-9,15H2,1-2H3,(H,23,24). The van der Waals surface area contributed by atoms with Gasteiger partial charge < -0.3 is 14.9 Å². The van der Waals surface area contributed by atoms with Gasteiger partial charge in [-0.3, -0.25) is 4.79 Å². The van der Waals surface area contributed by atoms with Crippen molar-refractivity contribution < 1.29 is 19.2 Å². The lowest BCUT2D eigenvalue weighted by molar-refractivity contribution is -0.126. The number of oxime groups is 1. The molecule has 6 heteroatoms. The number of aryl methyl sites for hydroxylation is 1. The number of rotatable bonds is 9. The highest BCUT2D eigenvalue weighted by Gasteiger charge is 2.08. The minimum atomic E-state index is -0.396. The van der Waals surface area contributed by atoms with Gasteiger partial charge in [0.15, 0.2) is 6.61 Å². The molecule has 0 aromatic heterocycles. The minimum Gasteiger partial charge on any atom is -0.465 e. The molecule has 0 saturated carbocycles. The van der Waals surface area contributed by atoms with Crippen molar-refractivity contribution in [1.29, 1.82) is 0 Å². The van der Waals surface area contributed by atoms with Crippen LogP contribution in [0, 0.1) is 0 Å². The van der Waals surface area contributed by atoms with E-state index in [9.17, 15) is 9.59 Å². The monoisotopic (exact) mass is 368 g/mol. The van der Waals surface area contributed by atoms with Crippen molar-refractivity contribution in [2.75, 3.05) is 13.7 Å². The van der Waals surface area contributed by atoms with Gasteiger partial charge in [-0.05, 0) is 43.0 Å². The molecule has 0 bridgehead atoms.